The van der Waals surface area contributed by atoms with E-state index in [4.69, 9.17) is 9.84 Å². The molecule has 150 valence electrons. The van der Waals surface area contributed by atoms with Crippen molar-refractivity contribution < 1.29 is 19.0 Å². The lowest BCUT2D eigenvalue weighted by Gasteiger charge is -2.36. The van der Waals surface area contributed by atoms with E-state index in [2.05, 4.69) is 10.2 Å². The summed E-state index contributed by atoms with van der Waals surface area (Å²) < 4.78 is 18.6. The minimum atomic E-state index is -0.207. The van der Waals surface area contributed by atoms with Crippen LogP contribution in [0, 0.1) is 5.82 Å². The van der Waals surface area contributed by atoms with E-state index in [1.54, 1.807) is 0 Å². The molecule has 1 atom stereocenters. The summed E-state index contributed by atoms with van der Waals surface area (Å²) in [5.41, 5.74) is 1.11. The molecule has 2 heterocycles. The normalized spacial score (nSPS) is 22.0. The van der Waals surface area contributed by atoms with Gasteiger partial charge in [0.1, 0.15) is 5.82 Å². The number of carbonyl (C=O) groups is 1. The van der Waals surface area contributed by atoms with Gasteiger partial charge in [-0.15, -0.1) is 0 Å². The number of nitrogens with zero attached hydrogens (tertiary/aromatic N) is 2. The monoisotopic (exact) mass is 379 g/mol. The predicted molar refractivity (Wildman–Crippen MR) is 101 cm³/mol. The number of amides is 2. The van der Waals surface area contributed by atoms with Gasteiger partial charge in [-0.1, -0.05) is 12.1 Å². The Morgan fingerprint density at radius 3 is 2.63 bits per heavy atom. The highest BCUT2D eigenvalue weighted by atomic mass is 19.1. The summed E-state index contributed by atoms with van der Waals surface area (Å²) in [6, 6.07) is 6.84. The van der Waals surface area contributed by atoms with Crippen LogP contribution >= 0.6 is 0 Å². The number of urea groups is 1. The fourth-order valence-electron chi connectivity index (χ4n) is 3.83. The van der Waals surface area contributed by atoms with Crippen molar-refractivity contribution in [1.82, 2.24) is 15.1 Å². The lowest BCUT2D eigenvalue weighted by atomic mass is 10.0. The first kappa shape index (κ1) is 20.0. The number of hydrogen-bond donors (Lipinski definition) is 2. The molecule has 27 heavy (non-hydrogen) atoms. The highest BCUT2D eigenvalue weighted by molar-refractivity contribution is 5.74. The van der Waals surface area contributed by atoms with Gasteiger partial charge in [0, 0.05) is 38.8 Å². The minimum absolute atomic E-state index is 0.00992. The van der Waals surface area contributed by atoms with Gasteiger partial charge in [0.05, 0.1) is 19.3 Å². The molecule has 6 nitrogen and oxygen atoms in total. The first-order valence-electron chi connectivity index (χ1n) is 9.89. The summed E-state index contributed by atoms with van der Waals surface area (Å²) in [5, 5.41) is 12.0. The summed E-state index contributed by atoms with van der Waals surface area (Å²) in [6.07, 6.45) is 3.73. The number of rotatable bonds is 6. The molecule has 0 radical (unpaired) electrons. The van der Waals surface area contributed by atoms with E-state index >= 15 is 0 Å². The summed E-state index contributed by atoms with van der Waals surface area (Å²) in [6.45, 7) is 4.35. The van der Waals surface area contributed by atoms with E-state index in [9.17, 15) is 9.18 Å². The van der Waals surface area contributed by atoms with Crippen LogP contribution < -0.4 is 5.32 Å². The number of piperidine rings is 2. The number of aliphatic hydroxyl groups excluding tert-OH is 1. The molecule has 1 aromatic carbocycles. The lowest BCUT2D eigenvalue weighted by Crippen LogP contribution is -2.52. The van der Waals surface area contributed by atoms with Gasteiger partial charge in [0.15, 0.2) is 0 Å². The second kappa shape index (κ2) is 10.0. The second-order valence-electron chi connectivity index (χ2n) is 7.43. The molecule has 1 unspecified atom stereocenters. The fraction of sp³-hybridized carbons (Fsp3) is 0.650. The van der Waals surface area contributed by atoms with Gasteiger partial charge in [-0.2, -0.15) is 0 Å². The van der Waals surface area contributed by atoms with E-state index in [1.807, 2.05) is 17.0 Å². The summed E-state index contributed by atoms with van der Waals surface area (Å²) in [7, 11) is 0. The smallest absolute Gasteiger partial charge is 0.317 e. The Bertz CT molecular complexity index is 591. The summed E-state index contributed by atoms with van der Waals surface area (Å²) >= 11 is 0. The van der Waals surface area contributed by atoms with Crippen molar-refractivity contribution in [3.63, 3.8) is 0 Å². The zero-order valence-electron chi connectivity index (χ0n) is 15.8. The van der Waals surface area contributed by atoms with Crippen molar-refractivity contribution in [3.8, 4) is 0 Å². The van der Waals surface area contributed by atoms with E-state index in [-0.39, 0.29) is 30.6 Å². The Morgan fingerprint density at radius 1 is 1.19 bits per heavy atom. The minimum Gasteiger partial charge on any atom is -0.394 e. The average molecular weight is 379 g/mol. The van der Waals surface area contributed by atoms with Crippen LogP contribution in [0.1, 0.15) is 31.2 Å². The number of benzene rings is 1. The van der Waals surface area contributed by atoms with Crippen molar-refractivity contribution in [2.24, 2.45) is 0 Å². The molecule has 0 bridgehead atoms. The van der Waals surface area contributed by atoms with Gasteiger partial charge in [-0.3, -0.25) is 4.90 Å². The molecule has 0 aliphatic carbocycles. The predicted octanol–water partition coefficient (Wildman–Crippen LogP) is 1.97. The molecule has 2 aliphatic rings. The van der Waals surface area contributed by atoms with Crippen LogP contribution in [0.5, 0.6) is 0 Å². The van der Waals surface area contributed by atoms with Gasteiger partial charge in [0.2, 0.25) is 0 Å². The molecule has 0 saturated carbocycles. The Morgan fingerprint density at radius 2 is 1.93 bits per heavy atom. The second-order valence-corrected chi connectivity index (χ2v) is 7.43. The number of likely N-dealkylation sites (tertiary alicyclic amines) is 2. The van der Waals surface area contributed by atoms with Gasteiger partial charge >= 0.3 is 6.03 Å². The third-order valence-corrected chi connectivity index (χ3v) is 5.34. The first-order chi connectivity index (χ1) is 13.1. The topological polar surface area (TPSA) is 65.0 Å². The Hall–Kier alpha value is -1.70. The molecule has 1 aromatic rings. The number of ether oxygens (including phenoxy) is 1. The number of aliphatic hydroxyl groups is 1. The maximum absolute atomic E-state index is 13.0. The number of hydrogen-bond acceptors (Lipinski definition) is 4. The van der Waals surface area contributed by atoms with Gasteiger partial charge in [-0.25, -0.2) is 9.18 Å². The molecule has 2 aliphatic heterocycles. The van der Waals surface area contributed by atoms with Crippen molar-refractivity contribution in [2.45, 2.75) is 44.4 Å². The highest BCUT2D eigenvalue weighted by Crippen LogP contribution is 2.17. The molecule has 0 spiro atoms. The lowest BCUT2D eigenvalue weighted by molar-refractivity contribution is -0.00618. The van der Waals surface area contributed by atoms with E-state index < -0.39 is 0 Å². The van der Waals surface area contributed by atoms with Crippen LogP contribution in [0.25, 0.3) is 0 Å². The Kier molecular flexibility index (Phi) is 7.43. The van der Waals surface area contributed by atoms with Crippen molar-refractivity contribution >= 4 is 6.03 Å². The number of halogens is 1. The highest BCUT2D eigenvalue weighted by Gasteiger charge is 2.27. The molecule has 2 amide bonds. The molecular weight excluding hydrogens is 349 g/mol. The number of carbonyl (C=O) groups excluding carboxylic acids is 1. The third-order valence-electron chi connectivity index (χ3n) is 5.34. The largest absolute Gasteiger partial charge is 0.394 e. The van der Waals surface area contributed by atoms with Crippen LogP contribution in [0.4, 0.5) is 9.18 Å². The molecular formula is C20H30FN3O3. The molecule has 2 N–H and O–H groups in total. The van der Waals surface area contributed by atoms with Gasteiger partial charge in [0.25, 0.3) is 0 Å². The SMILES string of the molecule is O=C(NC1CCN(Cc2ccc(F)cc2)CC1)N1CCCC(OCCO)C1. The summed E-state index contributed by atoms with van der Waals surface area (Å²) in [5.74, 6) is -0.207. The van der Waals surface area contributed by atoms with Crippen molar-refractivity contribution in [2.75, 3.05) is 39.4 Å². The quantitative estimate of drug-likeness (QED) is 0.793. The Balaban J connectivity index is 1.39. The Labute approximate surface area is 160 Å². The third kappa shape index (κ3) is 6.16. The molecule has 2 saturated heterocycles. The van der Waals surface area contributed by atoms with Crippen LogP contribution in [-0.2, 0) is 11.3 Å². The maximum atomic E-state index is 13.0. The molecule has 3 rings (SSSR count). The average Bonchev–Trinajstić information content (AvgIpc) is 2.70. The molecule has 0 aromatic heterocycles. The van der Waals surface area contributed by atoms with Crippen LogP contribution in [0.15, 0.2) is 24.3 Å². The van der Waals surface area contributed by atoms with Crippen molar-refractivity contribution in [3.05, 3.63) is 35.6 Å². The summed E-state index contributed by atoms with van der Waals surface area (Å²) in [4.78, 5) is 16.7. The number of nitrogens with one attached hydrogen (secondary N) is 1. The molecule has 7 heteroatoms. The first-order valence-corrected chi connectivity index (χ1v) is 9.89. The van der Waals surface area contributed by atoms with Gasteiger partial charge < -0.3 is 20.1 Å². The van der Waals surface area contributed by atoms with Crippen LogP contribution in [0.2, 0.25) is 0 Å². The standard InChI is InChI=1S/C20H30FN3O3/c21-17-5-3-16(4-6-17)14-23-10-7-18(8-11-23)22-20(26)24-9-1-2-19(15-24)27-13-12-25/h3-6,18-19,25H,1-2,7-15H2,(H,22,26). The van der Waals surface area contributed by atoms with Crippen LogP contribution in [-0.4, -0.2) is 72.5 Å². The zero-order valence-corrected chi connectivity index (χ0v) is 15.8. The van der Waals surface area contributed by atoms with E-state index in [0.717, 1.165) is 57.4 Å². The van der Waals surface area contributed by atoms with Crippen molar-refractivity contribution in [1.29, 1.82) is 0 Å². The maximum Gasteiger partial charge on any atom is 0.317 e. The van der Waals surface area contributed by atoms with Crippen LogP contribution in [0.3, 0.4) is 0 Å². The molecule has 2 fully saturated rings. The fourth-order valence-corrected chi connectivity index (χ4v) is 3.83. The zero-order chi connectivity index (χ0) is 19.1. The van der Waals surface area contributed by atoms with Gasteiger partial charge in [-0.05, 0) is 43.4 Å². The van der Waals surface area contributed by atoms with E-state index in [1.165, 1.54) is 12.1 Å². The van der Waals surface area contributed by atoms with E-state index in [0.29, 0.717) is 13.2 Å².